The molecule has 2 aliphatic heterocycles. The van der Waals surface area contributed by atoms with E-state index in [0.29, 0.717) is 35.1 Å². The van der Waals surface area contributed by atoms with Gasteiger partial charge in [0, 0.05) is 29.2 Å². The first-order valence-electron chi connectivity index (χ1n) is 9.85. The smallest absolute Gasteiger partial charge is 0.170 e. The number of thiazole rings is 1. The van der Waals surface area contributed by atoms with E-state index >= 15 is 0 Å². The minimum atomic E-state index is -0.975. The number of aromatic nitrogens is 3. The maximum atomic E-state index is 10.5. The first-order chi connectivity index (χ1) is 14.0. The highest BCUT2D eigenvalue weighted by Gasteiger charge is 2.49. The van der Waals surface area contributed by atoms with Gasteiger partial charge < -0.3 is 20.9 Å². The van der Waals surface area contributed by atoms with Crippen LogP contribution in [-0.4, -0.2) is 43.7 Å². The second kappa shape index (κ2) is 7.50. The molecule has 0 spiro atoms. The molecule has 0 radical (unpaired) electrons. The summed E-state index contributed by atoms with van der Waals surface area (Å²) in [6.45, 7) is 2.57. The maximum Gasteiger partial charge on any atom is 0.170 e. The predicted molar refractivity (Wildman–Crippen MR) is 114 cm³/mol. The van der Waals surface area contributed by atoms with Crippen molar-refractivity contribution in [2.75, 3.05) is 17.7 Å². The monoisotopic (exact) mass is 432 g/mol. The summed E-state index contributed by atoms with van der Waals surface area (Å²) in [6.07, 6.45) is 5.90. The molecule has 154 valence electrons. The zero-order valence-corrected chi connectivity index (χ0v) is 17.7. The number of aliphatic hydroxyl groups is 1. The fraction of sp³-hybridized carbons (Fsp3) is 0.579. The molecule has 1 aliphatic carbocycles. The Bertz CT molecular complexity index is 916. The average Bonchev–Trinajstić information content (AvgIpc) is 3.47. The molecule has 0 bridgehead atoms. The van der Waals surface area contributed by atoms with Gasteiger partial charge in [-0.25, -0.2) is 9.98 Å². The molecule has 10 heteroatoms. The van der Waals surface area contributed by atoms with Crippen LogP contribution in [0.2, 0.25) is 0 Å². The molecule has 0 amide bonds. The van der Waals surface area contributed by atoms with E-state index in [-0.39, 0.29) is 6.10 Å². The van der Waals surface area contributed by atoms with E-state index < -0.39 is 11.8 Å². The Morgan fingerprint density at radius 1 is 1.34 bits per heavy atom. The van der Waals surface area contributed by atoms with Gasteiger partial charge in [0.25, 0.3) is 0 Å². The lowest BCUT2D eigenvalue weighted by Gasteiger charge is -2.44. The van der Waals surface area contributed by atoms with Gasteiger partial charge in [0.05, 0.1) is 24.6 Å². The number of aliphatic imine (C=N–C) groups is 1. The summed E-state index contributed by atoms with van der Waals surface area (Å²) in [4.78, 5) is 18.3. The number of hydrogen-bond donors (Lipinski definition) is 3. The van der Waals surface area contributed by atoms with E-state index in [9.17, 15) is 5.11 Å². The molecule has 4 atom stereocenters. The highest BCUT2D eigenvalue weighted by molar-refractivity contribution is 8.13. The highest BCUT2D eigenvalue weighted by Crippen LogP contribution is 2.47. The summed E-state index contributed by atoms with van der Waals surface area (Å²) in [5, 5.41) is 16.9. The van der Waals surface area contributed by atoms with Crippen LogP contribution in [0.1, 0.15) is 54.7 Å². The number of nitrogens with one attached hydrogen (secondary N) is 1. The van der Waals surface area contributed by atoms with Gasteiger partial charge in [-0.1, -0.05) is 11.8 Å². The molecule has 2 fully saturated rings. The third-order valence-electron chi connectivity index (χ3n) is 5.75. The second-order valence-electron chi connectivity index (χ2n) is 7.96. The first-order valence-corrected chi connectivity index (χ1v) is 11.7. The number of amidine groups is 1. The van der Waals surface area contributed by atoms with Crippen molar-refractivity contribution in [3.8, 4) is 0 Å². The largest absolute Gasteiger partial charge is 0.379 e. The normalized spacial score (nSPS) is 30.3. The summed E-state index contributed by atoms with van der Waals surface area (Å²) in [6, 6.07) is 0. The zero-order chi connectivity index (χ0) is 20.0. The molecular weight excluding hydrogens is 408 g/mol. The lowest BCUT2D eigenvalue weighted by Crippen LogP contribution is -2.49. The molecule has 5 rings (SSSR count). The van der Waals surface area contributed by atoms with Crippen LogP contribution in [0.5, 0.6) is 0 Å². The van der Waals surface area contributed by atoms with E-state index in [0.717, 1.165) is 22.9 Å². The van der Waals surface area contributed by atoms with Crippen molar-refractivity contribution in [2.24, 2.45) is 16.6 Å². The van der Waals surface area contributed by atoms with Gasteiger partial charge in [0.1, 0.15) is 22.1 Å². The standard InChI is InChI=1S/C19H24N6O2S2/c1-10-4-12-7-29-18(20)25-19(12,9-27-10)17-24-15(8-28-17)23-16(26)14-6-21-13(5-22-14)11-2-3-11/h5-6,8,10-12,16,23,26H,2-4,7,9H2,1H3,(H2,20,25)/t10-,12-,16?,19-/m0/s1. The van der Waals surface area contributed by atoms with Gasteiger partial charge in [0.2, 0.25) is 0 Å². The Labute approximate surface area is 177 Å². The number of hydrogen-bond acceptors (Lipinski definition) is 10. The van der Waals surface area contributed by atoms with Crippen LogP contribution in [0.3, 0.4) is 0 Å². The Balaban J connectivity index is 1.34. The van der Waals surface area contributed by atoms with Crippen molar-refractivity contribution in [1.82, 2.24) is 15.0 Å². The summed E-state index contributed by atoms with van der Waals surface area (Å²) in [5.74, 6) is 2.37. The number of nitrogens with zero attached hydrogens (tertiary/aromatic N) is 4. The topological polar surface area (TPSA) is 119 Å². The summed E-state index contributed by atoms with van der Waals surface area (Å²) in [5.41, 5.74) is 7.00. The van der Waals surface area contributed by atoms with Crippen molar-refractivity contribution in [1.29, 1.82) is 0 Å². The Morgan fingerprint density at radius 2 is 2.21 bits per heavy atom. The van der Waals surface area contributed by atoms with Crippen LogP contribution in [0.15, 0.2) is 22.8 Å². The summed E-state index contributed by atoms with van der Waals surface area (Å²) < 4.78 is 5.96. The molecule has 4 heterocycles. The predicted octanol–water partition coefficient (Wildman–Crippen LogP) is 2.60. The second-order valence-corrected chi connectivity index (χ2v) is 9.86. The van der Waals surface area contributed by atoms with Gasteiger partial charge >= 0.3 is 0 Å². The number of nitrogens with two attached hydrogens (primary N) is 1. The van der Waals surface area contributed by atoms with E-state index in [1.807, 2.05) is 5.38 Å². The third kappa shape index (κ3) is 3.74. The number of fused-ring (bicyclic) bond motifs is 1. The third-order valence-corrected chi connectivity index (χ3v) is 7.71. The Morgan fingerprint density at radius 3 is 2.97 bits per heavy atom. The zero-order valence-electron chi connectivity index (χ0n) is 16.1. The quantitative estimate of drug-likeness (QED) is 0.617. The van der Waals surface area contributed by atoms with E-state index in [2.05, 4.69) is 22.2 Å². The van der Waals surface area contributed by atoms with Gasteiger partial charge in [-0.05, 0) is 26.2 Å². The maximum absolute atomic E-state index is 10.5. The molecule has 29 heavy (non-hydrogen) atoms. The van der Waals surface area contributed by atoms with Crippen LogP contribution >= 0.6 is 23.1 Å². The fourth-order valence-electron chi connectivity index (χ4n) is 3.91. The van der Waals surface area contributed by atoms with Crippen LogP contribution in [-0.2, 0) is 10.3 Å². The lowest BCUT2D eigenvalue weighted by molar-refractivity contribution is -0.0466. The van der Waals surface area contributed by atoms with Crippen molar-refractivity contribution < 1.29 is 9.84 Å². The van der Waals surface area contributed by atoms with E-state index in [1.54, 1.807) is 24.2 Å². The Hall–Kier alpha value is -1.75. The van der Waals surface area contributed by atoms with Gasteiger partial charge in [-0.3, -0.25) is 9.97 Å². The SMILES string of the molecule is C[C@H]1C[C@H]2CSC(N)=N[C@@]2(c2nc(NC(O)c3cnc(C4CC4)cn3)cs2)CO1. The fourth-order valence-corrected chi connectivity index (χ4v) is 5.89. The molecular formula is C19H24N6O2S2. The van der Waals surface area contributed by atoms with Crippen LogP contribution in [0.4, 0.5) is 5.82 Å². The number of ether oxygens (including phenoxy) is 1. The molecule has 1 saturated carbocycles. The molecule has 2 aromatic rings. The van der Waals surface area contributed by atoms with Gasteiger partial charge in [-0.15, -0.1) is 11.3 Å². The summed E-state index contributed by atoms with van der Waals surface area (Å²) >= 11 is 3.11. The molecule has 0 aromatic carbocycles. The lowest BCUT2D eigenvalue weighted by atomic mass is 9.80. The van der Waals surface area contributed by atoms with Crippen molar-refractivity contribution in [2.45, 2.75) is 50.0 Å². The van der Waals surface area contributed by atoms with E-state index in [4.69, 9.17) is 20.4 Å². The number of rotatable bonds is 5. The highest BCUT2D eigenvalue weighted by atomic mass is 32.2. The van der Waals surface area contributed by atoms with Crippen LogP contribution < -0.4 is 11.1 Å². The number of thioether (sulfide) groups is 1. The number of anilines is 1. The van der Waals surface area contributed by atoms with E-state index in [1.165, 1.54) is 24.2 Å². The van der Waals surface area contributed by atoms with Crippen molar-refractivity contribution >= 4 is 34.1 Å². The molecule has 3 aliphatic rings. The Kier molecular flexibility index (Phi) is 4.97. The minimum Gasteiger partial charge on any atom is -0.379 e. The van der Waals surface area contributed by atoms with Crippen LogP contribution in [0, 0.1) is 5.92 Å². The first kappa shape index (κ1) is 19.2. The van der Waals surface area contributed by atoms with Gasteiger partial charge in [0.15, 0.2) is 11.4 Å². The van der Waals surface area contributed by atoms with Crippen molar-refractivity contribution in [3.63, 3.8) is 0 Å². The average molecular weight is 433 g/mol. The molecule has 4 N–H and O–H groups in total. The van der Waals surface area contributed by atoms with Crippen LogP contribution in [0.25, 0.3) is 0 Å². The molecule has 1 saturated heterocycles. The number of aliphatic hydroxyl groups excluding tert-OH is 1. The molecule has 1 unspecified atom stereocenters. The molecule has 2 aromatic heterocycles. The summed E-state index contributed by atoms with van der Waals surface area (Å²) in [7, 11) is 0. The van der Waals surface area contributed by atoms with Gasteiger partial charge in [-0.2, -0.15) is 0 Å². The minimum absolute atomic E-state index is 0.208. The molecule has 8 nitrogen and oxygen atoms in total. The van der Waals surface area contributed by atoms with Crippen molar-refractivity contribution in [3.05, 3.63) is 34.2 Å².